The average Bonchev–Trinajstić information content (AvgIpc) is 2.65. The Hall–Kier alpha value is -1.01. The van der Waals surface area contributed by atoms with Crippen molar-refractivity contribution in [2.75, 3.05) is 23.4 Å². The van der Waals surface area contributed by atoms with E-state index in [0.717, 1.165) is 23.7 Å². The van der Waals surface area contributed by atoms with Crippen molar-refractivity contribution in [3.63, 3.8) is 0 Å². The lowest BCUT2D eigenvalue weighted by Gasteiger charge is -2.22. The third-order valence-electron chi connectivity index (χ3n) is 2.32. The van der Waals surface area contributed by atoms with Crippen molar-refractivity contribution in [1.29, 1.82) is 0 Å². The van der Waals surface area contributed by atoms with Crippen LogP contribution >= 0.6 is 11.8 Å². The first-order valence-corrected chi connectivity index (χ1v) is 6.44. The zero-order valence-corrected chi connectivity index (χ0v) is 9.97. The van der Waals surface area contributed by atoms with Gasteiger partial charge < -0.3 is 9.84 Å². The Morgan fingerprint density at radius 1 is 1.81 bits per heavy atom. The summed E-state index contributed by atoms with van der Waals surface area (Å²) in [5.41, 5.74) is 0.765. The molecule has 0 bridgehead atoms. The number of thioether (sulfide) groups is 1. The molecule has 0 aromatic carbocycles. The van der Waals surface area contributed by atoms with E-state index in [9.17, 15) is 4.79 Å². The second-order valence-corrected chi connectivity index (χ2v) is 4.96. The Morgan fingerprint density at radius 3 is 3.31 bits per heavy atom. The molecule has 0 aliphatic carbocycles. The van der Waals surface area contributed by atoms with Crippen LogP contribution in [-0.4, -0.2) is 35.2 Å². The number of amides is 1. The molecule has 1 amide bonds. The van der Waals surface area contributed by atoms with E-state index < -0.39 is 0 Å². The lowest BCUT2D eigenvalue weighted by Crippen LogP contribution is -2.39. The summed E-state index contributed by atoms with van der Waals surface area (Å²) in [6, 6.07) is 1.98. The van der Waals surface area contributed by atoms with Gasteiger partial charge in [-0.2, -0.15) is 11.8 Å². The van der Waals surface area contributed by atoms with Crippen LogP contribution < -0.4 is 10.6 Å². The van der Waals surface area contributed by atoms with Crippen molar-refractivity contribution in [2.45, 2.75) is 19.4 Å². The maximum atomic E-state index is 11.6. The zero-order valence-electron chi connectivity index (χ0n) is 9.16. The summed E-state index contributed by atoms with van der Waals surface area (Å²) in [6.07, 6.45) is 0.479. The molecular weight excluding hydrogens is 226 g/mol. The van der Waals surface area contributed by atoms with E-state index in [1.54, 1.807) is 6.07 Å². The van der Waals surface area contributed by atoms with Crippen LogP contribution in [0.5, 0.6) is 0 Å². The summed E-state index contributed by atoms with van der Waals surface area (Å²) in [4.78, 5) is 11.6. The minimum Gasteiger partial charge on any atom is -0.338 e. The number of anilines is 1. The summed E-state index contributed by atoms with van der Waals surface area (Å²) < 4.78 is 4.92. The summed E-state index contributed by atoms with van der Waals surface area (Å²) in [5, 5.41) is 9.71. The Bertz CT molecular complexity index is 361. The average molecular weight is 241 g/mol. The molecule has 2 heterocycles. The topological polar surface area (TPSA) is 67.2 Å². The quantitative estimate of drug-likeness (QED) is 0.827. The molecule has 5 nitrogen and oxygen atoms in total. The van der Waals surface area contributed by atoms with Crippen molar-refractivity contribution < 1.29 is 9.32 Å². The van der Waals surface area contributed by atoms with Gasteiger partial charge in [0.2, 0.25) is 11.8 Å². The highest BCUT2D eigenvalue weighted by molar-refractivity contribution is 7.99. The van der Waals surface area contributed by atoms with Gasteiger partial charge in [-0.1, -0.05) is 5.16 Å². The van der Waals surface area contributed by atoms with Crippen molar-refractivity contribution in [3.05, 3.63) is 11.8 Å². The maximum absolute atomic E-state index is 11.6. The van der Waals surface area contributed by atoms with Gasteiger partial charge in [0.25, 0.3) is 0 Å². The Kier molecular flexibility index (Phi) is 3.84. The smallest absolute Gasteiger partial charge is 0.231 e. The third-order valence-corrected chi connectivity index (χ3v) is 3.45. The van der Waals surface area contributed by atoms with Gasteiger partial charge in [0.15, 0.2) is 0 Å². The van der Waals surface area contributed by atoms with E-state index >= 15 is 0 Å². The molecule has 1 fully saturated rings. The number of nitrogens with one attached hydrogen (secondary N) is 2. The summed E-state index contributed by atoms with van der Waals surface area (Å²) in [6.45, 7) is 2.79. The van der Waals surface area contributed by atoms with Gasteiger partial charge >= 0.3 is 0 Å². The van der Waals surface area contributed by atoms with E-state index in [1.807, 2.05) is 18.7 Å². The molecule has 0 spiro atoms. The van der Waals surface area contributed by atoms with Crippen LogP contribution in [0.2, 0.25) is 0 Å². The standard InChI is InChI=1S/C10H15N3O2S/c1-7-4-10(15-13-7)12-9(14)5-8-6-16-3-2-11-8/h4,8,11H,2-3,5-6H2,1H3,(H,12,14). The van der Waals surface area contributed by atoms with Crippen LogP contribution in [0, 0.1) is 6.92 Å². The van der Waals surface area contributed by atoms with Crippen LogP contribution in [0.15, 0.2) is 10.6 Å². The molecule has 1 unspecified atom stereocenters. The molecule has 1 atom stereocenters. The molecule has 0 saturated carbocycles. The number of hydrogen-bond acceptors (Lipinski definition) is 5. The minimum absolute atomic E-state index is 0.0313. The Labute approximate surface area is 98.3 Å². The highest BCUT2D eigenvalue weighted by atomic mass is 32.2. The maximum Gasteiger partial charge on any atom is 0.231 e. The predicted molar refractivity (Wildman–Crippen MR) is 63.6 cm³/mol. The highest BCUT2D eigenvalue weighted by Crippen LogP contribution is 2.12. The lowest BCUT2D eigenvalue weighted by molar-refractivity contribution is -0.116. The van der Waals surface area contributed by atoms with Gasteiger partial charge in [-0.15, -0.1) is 0 Å². The van der Waals surface area contributed by atoms with Gasteiger partial charge in [-0.3, -0.25) is 10.1 Å². The molecule has 1 aliphatic heterocycles. The minimum atomic E-state index is -0.0313. The van der Waals surface area contributed by atoms with Crippen LogP contribution in [0.25, 0.3) is 0 Å². The van der Waals surface area contributed by atoms with Crippen molar-refractivity contribution in [2.24, 2.45) is 0 Å². The number of rotatable bonds is 3. The number of aromatic nitrogens is 1. The van der Waals surface area contributed by atoms with Crippen molar-refractivity contribution in [3.8, 4) is 0 Å². The monoisotopic (exact) mass is 241 g/mol. The molecule has 2 N–H and O–H groups in total. The molecule has 16 heavy (non-hydrogen) atoms. The van der Waals surface area contributed by atoms with Crippen LogP contribution in [0.3, 0.4) is 0 Å². The van der Waals surface area contributed by atoms with E-state index in [1.165, 1.54) is 0 Å². The fourth-order valence-corrected chi connectivity index (χ4v) is 2.53. The second-order valence-electron chi connectivity index (χ2n) is 3.81. The van der Waals surface area contributed by atoms with Crippen LogP contribution in [0.4, 0.5) is 5.88 Å². The van der Waals surface area contributed by atoms with E-state index in [2.05, 4.69) is 15.8 Å². The molecule has 1 aromatic rings. The first-order valence-electron chi connectivity index (χ1n) is 5.28. The molecule has 1 aromatic heterocycles. The summed E-state index contributed by atoms with van der Waals surface area (Å²) in [7, 11) is 0. The van der Waals surface area contributed by atoms with Gasteiger partial charge in [0, 0.05) is 36.6 Å². The van der Waals surface area contributed by atoms with Crippen molar-refractivity contribution >= 4 is 23.6 Å². The molecule has 6 heteroatoms. The molecular formula is C10H15N3O2S. The number of carbonyl (C=O) groups excluding carboxylic acids is 1. The van der Waals surface area contributed by atoms with Crippen LogP contribution in [0.1, 0.15) is 12.1 Å². The number of aryl methyl sites for hydroxylation is 1. The SMILES string of the molecule is Cc1cc(NC(=O)CC2CSCCN2)on1. The number of nitrogens with zero attached hydrogens (tertiary/aromatic N) is 1. The first kappa shape index (κ1) is 11.5. The summed E-state index contributed by atoms with van der Waals surface area (Å²) >= 11 is 1.88. The molecule has 88 valence electrons. The predicted octanol–water partition coefficient (Wildman–Crippen LogP) is 1.02. The van der Waals surface area contributed by atoms with Gasteiger partial charge in [-0.05, 0) is 6.92 Å². The Balaban J connectivity index is 1.79. The van der Waals surface area contributed by atoms with E-state index in [-0.39, 0.29) is 11.9 Å². The number of carbonyl (C=O) groups is 1. The lowest BCUT2D eigenvalue weighted by atomic mass is 10.2. The molecule has 1 aliphatic rings. The number of hydrogen-bond donors (Lipinski definition) is 2. The van der Waals surface area contributed by atoms with Gasteiger partial charge in [-0.25, -0.2) is 0 Å². The molecule has 2 rings (SSSR count). The third kappa shape index (κ3) is 3.24. The molecule has 1 saturated heterocycles. The summed E-state index contributed by atoms with van der Waals surface area (Å²) in [5.74, 6) is 2.50. The Morgan fingerprint density at radius 2 is 2.69 bits per heavy atom. The van der Waals surface area contributed by atoms with E-state index in [4.69, 9.17) is 4.52 Å². The largest absolute Gasteiger partial charge is 0.338 e. The fraction of sp³-hybridized carbons (Fsp3) is 0.600. The van der Waals surface area contributed by atoms with Gasteiger partial charge in [0.1, 0.15) is 0 Å². The second kappa shape index (κ2) is 5.36. The first-order chi connectivity index (χ1) is 7.74. The fourth-order valence-electron chi connectivity index (χ4n) is 1.59. The van der Waals surface area contributed by atoms with E-state index in [0.29, 0.717) is 12.3 Å². The zero-order chi connectivity index (χ0) is 11.4. The van der Waals surface area contributed by atoms with Crippen LogP contribution in [-0.2, 0) is 4.79 Å². The normalized spacial score (nSPS) is 20.7. The van der Waals surface area contributed by atoms with Crippen molar-refractivity contribution in [1.82, 2.24) is 10.5 Å². The molecule has 0 radical (unpaired) electrons. The van der Waals surface area contributed by atoms with Gasteiger partial charge in [0.05, 0.1) is 5.69 Å². The highest BCUT2D eigenvalue weighted by Gasteiger charge is 2.17.